The van der Waals surface area contributed by atoms with Crippen molar-refractivity contribution in [2.45, 2.75) is 13.0 Å². The molecular weight excluding hydrogens is 298 g/mol. The van der Waals surface area contributed by atoms with Crippen molar-refractivity contribution < 1.29 is 9.59 Å². The fourth-order valence-corrected chi connectivity index (χ4v) is 1.95. The molecule has 0 aliphatic carbocycles. The highest BCUT2D eigenvalue weighted by molar-refractivity contribution is 9.10. The molecule has 2 rings (SSSR count). The lowest BCUT2D eigenvalue weighted by molar-refractivity contribution is -0.124. The molecule has 0 spiro atoms. The summed E-state index contributed by atoms with van der Waals surface area (Å²) in [7, 11) is 0. The van der Waals surface area contributed by atoms with E-state index < -0.39 is 0 Å². The molecule has 0 radical (unpaired) electrons. The second-order valence-electron chi connectivity index (χ2n) is 4.19. The Bertz CT molecular complexity index is 480. The average molecular weight is 312 g/mol. The number of rotatable bonds is 2. The Kier molecular flexibility index (Phi) is 3.98. The molecule has 1 aliphatic heterocycles. The Morgan fingerprint density at radius 3 is 2.89 bits per heavy atom. The molecule has 1 aromatic rings. The summed E-state index contributed by atoms with van der Waals surface area (Å²) in [5.74, 6) is -0.227. The first-order valence-corrected chi connectivity index (χ1v) is 6.42. The van der Waals surface area contributed by atoms with Crippen LogP contribution in [-0.2, 0) is 9.59 Å². The number of anilines is 1. The monoisotopic (exact) mass is 311 g/mol. The zero-order chi connectivity index (χ0) is 13.1. The fourth-order valence-electron chi connectivity index (χ4n) is 1.70. The highest BCUT2D eigenvalue weighted by atomic mass is 79.9. The quantitative estimate of drug-likeness (QED) is 0.756. The van der Waals surface area contributed by atoms with Crippen LogP contribution in [0.15, 0.2) is 22.7 Å². The third kappa shape index (κ3) is 3.08. The van der Waals surface area contributed by atoms with Crippen LogP contribution in [0.4, 0.5) is 5.69 Å². The maximum atomic E-state index is 11.9. The van der Waals surface area contributed by atoms with Crippen molar-refractivity contribution in [3.05, 3.63) is 28.2 Å². The first-order chi connectivity index (χ1) is 8.56. The number of nitrogens with one attached hydrogen (secondary N) is 3. The van der Waals surface area contributed by atoms with Gasteiger partial charge >= 0.3 is 0 Å². The van der Waals surface area contributed by atoms with Gasteiger partial charge in [-0.2, -0.15) is 0 Å². The molecular formula is C12H14BrN3O2. The molecule has 18 heavy (non-hydrogen) atoms. The van der Waals surface area contributed by atoms with Gasteiger partial charge in [0, 0.05) is 16.7 Å². The summed E-state index contributed by atoms with van der Waals surface area (Å²) in [5.41, 5.74) is 1.80. The van der Waals surface area contributed by atoms with Crippen LogP contribution in [0.3, 0.4) is 0 Å². The van der Waals surface area contributed by atoms with Gasteiger partial charge in [-0.05, 0) is 30.7 Å². The molecule has 1 atom stereocenters. The van der Waals surface area contributed by atoms with E-state index in [2.05, 4.69) is 31.9 Å². The number of benzene rings is 1. The number of aryl methyl sites for hydroxylation is 1. The lowest BCUT2D eigenvalue weighted by Crippen LogP contribution is -2.56. The Morgan fingerprint density at radius 2 is 2.28 bits per heavy atom. The van der Waals surface area contributed by atoms with Crippen molar-refractivity contribution >= 4 is 33.4 Å². The Labute approximate surface area is 113 Å². The van der Waals surface area contributed by atoms with E-state index in [0.29, 0.717) is 6.54 Å². The summed E-state index contributed by atoms with van der Waals surface area (Å²) in [4.78, 5) is 22.9. The smallest absolute Gasteiger partial charge is 0.243 e. The van der Waals surface area contributed by atoms with Crippen molar-refractivity contribution in [2.75, 3.05) is 18.4 Å². The largest absolute Gasteiger partial charge is 0.353 e. The van der Waals surface area contributed by atoms with Gasteiger partial charge in [-0.1, -0.05) is 15.9 Å². The standard InChI is InChI=1S/C12H14BrN3O2/c1-7-4-8(2-3-9(7)13)16-12(18)10-5-15-11(17)6-14-10/h2-4,10,14H,5-6H2,1H3,(H,15,17)(H,16,18). The van der Waals surface area contributed by atoms with Crippen molar-refractivity contribution in [1.82, 2.24) is 10.6 Å². The van der Waals surface area contributed by atoms with E-state index in [4.69, 9.17) is 0 Å². The predicted molar refractivity (Wildman–Crippen MR) is 72.3 cm³/mol. The van der Waals surface area contributed by atoms with Crippen LogP contribution in [0.25, 0.3) is 0 Å². The third-order valence-electron chi connectivity index (χ3n) is 2.75. The van der Waals surface area contributed by atoms with Gasteiger partial charge in [0.15, 0.2) is 0 Å². The predicted octanol–water partition coefficient (Wildman–Crippen LogP) is 0.784. The van der Waals surface area contributed by atoms with E-state index in [1.165, 1.54) is 0 Å². The summed E-state index contributed by atoms with van der Waals surface area (Å²) in [6, 6.07) is 5.23. The van der Waals surface area contributed by atoms with Crippen LogP contribution in [0.5, 0.6) is 0 Å². The van der Waals surface area contributed by atoms with Crippen molar-refractivity contribution in [1.29, 1.82) is 0 Å². The fraction of sp³-hybridized carbons (Fsp3) is 0.333. The number of amides is 2. The maximum absolute atomic E-state index is 11.9. The summed E-state index contributed by atoms with van der Waals surface area (Å²) < 4.78 is 1.00. The van der Waals surface area contributed by atoms with E-state index in [0.717, 1.165) is 15.7 Å². The molecule has 96 valence electrons. The van der Waals surface area contributed by atoms with Crippen molar-refractivity contribution in [2.24, 2.45) is 0 Å². The van der Waals surface area contributed by atoms with Crippen LogP contribution in [0, 0.1) is 6.92 Å². The van der Waals surface area contributed by atoms with Gasteiger partial charge in [-0.25, -0.2) is 0 Å². The third-order valence-corrected chi connectivity index (χ3v) is 3.64. The van der Waals surface area contributed by atoms with Gasteiger partial charge in [0.2, 0.25) is 11.8 Å². The van der Waals surface area contributed by atoms with Gasteiger partial charge in [0.05, 0.1) is 6.54 Å². The van der Waals surface area contributed by atoms with Crippen molar-refractivity contribution in [3.8, 4) is 0 Å². The molecule has 1 saturated heterocycles. The minimum Gasteiger partial charge on any atom is -0.353 e. The molecule has 3 N–H and O–H groups in total. The average Bonchev–Trinajstić information content (AvgIpc) is 2.34. The van der Waals surface area contributed by atoms with Gasteiger partial charge in [0.25, 0.3) is 0 Å². The highest BCUT2D eigenvalue weighted by Crippen LogP contribution is 2.20. The van der Waals surface area contributed by atoms with Crippen LogP contribution in [-0.4, -0.2) is 30.9 Å². The molecule has 2 amide bonds. The van der Waals surface area contributed by atoms with Crippen LogP contribution in [0.1, 0.15) is 5.56 Å². The number of carbonyl (C=O) groups excluding carboxylic acids is 2. The number of hydrogen-bond acceptors (Lipinski definition) is 3. The van der Waals surface area contributed by atoms with Gasteiger partial charge in [0.1, 0.15) is 6.04 Å². The molecule has 0 bridgehead atoms. The second-order valence-corrected chi connectivity index (χ2v) is 5.05. The summed E-state index contributed by atoms with van der Waals surface area (Å²) >= 11 is 3.41. The zero-order valence-electron chi connectivity index (χ0n) is 9.92. The molecule has 6 heteroatoms. The molecule has 0 saturated carbocycles. The number of carbonyl (C=O) groups is 2. The topological polar surface area (TPSA) is 70.2 Å². The van der Waals surface area contributed by atoms with Gasteiger partial charge < -0.3 is 10.6 Å². The number of piperazine rings is 1. The number of hydrogen-bond donors (Lipinski definition) is 3. The Balaban J connectivity index is 1.98. The van der Waals surface area contributed by atoms with E-state index >= 15 is 0 Å². The van der Waals surface area contributed by atoms with Gasteiger partial charge in [-0.15, -0.1) is 0 Å². The summed E-state index contributed by atoms with van der Waals surface area (Å²) in [6.45, 7) is 2.45. The van der Waals surface area contributed by atoms with Crippen LogP contribution >= 0.6 is 15.9 Å². The lowest BCUT2D eigenvalue weighted by Gasteiger charge is -2.23. The molecule has 1 aromatic carbocycles. The minimum atomic E-state index is -0.383. The molecule has 5 nitrogen and oxygen atoms in total. The molecule has 1 aliphatic rings. The second kappa shape index (κ2) is 5.49. The number of halogens is 1. The summed E-state index contributed by atoms with van der Waals surface area (Å²) in [5, 5.41) is 8.35. The van der Waals surface area contributed by atoms with E-state index in [1.807, 2.05) is 25.1 Å². The van der Waals surface area contributed by atoms with E-state index in [-0.39, 0.29) is 24.4 Å². The Morgan fingerprint density at radius 1 is 1.50 bits per heavy atom. The normalized spacial score (nSPS) is 19.2. The SMILES string of the molecule is Cc1cc(NC(=O)C2CNC(=O)CN2)ccc1Br. The Hall–Kier alpha value is -1.40. The first kappa shape index (κ1) is 13.0. The lowest BCUT2D eigenvalue weighted by atomic mass is 10.2. The molecule has 0 aromatic heterocycles. The zero-order valence-corrected chi connectivity index (χ0v) is 11.5. The van der Waals surface area contributed by atoms with Crippen molar-refractivity contribution in [3.63, 3.8) is 0 Å². The molecule has 1 unspecified atom stereocenters. The minimum absolute atomic E-state index is 0.0847. The molecule has 1 fully saturated rings. The molecule has 1 heterocycles. The highest BCUT2D eigenvalue weighted by Gasteiger charge is 2.23. The van der Waals surface area contributed by atoms with Gasteiger partial charge in [-0.3, -0.25) is 14.9 Å². The van der Waals surface area contributed by atoms with E-state index in [9.17, 15) is 9.59 Å². The van der Waals surface area contributed by atoms with Crippen LogP contribution in [0.2, 0.25) is 0 Å². The van der Waals surface area contributed by atoms with Crippen LogP contribution < -0.4 is 16.0 Å². The maximum Gasteiger partial charge on any atom is 0.243 e. The summed E-state index contributed by atoms with van der Waals surface area (Å²) in [6.07, 6.45) is 0. The van der Waals surface area contributed by atoms with E-state index in [1.54, 1.807) is 0 Å². The first-order valence-electron chi connectivity index (χ1n) is 5.63.